The minimum atomic E-state index is 0.269. The van der Waals surface area contributed by atoms with Gasteiger partial charge in [0, 0.05) is 6.61 Å². The van der Waals surface area contributed by atoms with E-state index in [2.05, 4.69) is 6.07 Å². The van der Waals surface area contributed by atoms with Crippen LogP contribution in [0.4, 0.5) is 11.4 Å². The van der Waals surface area contributed by atoms with Gasteiger partial charge in [-0.15, -0.1) is 0 Å². The van der Waals surface area contributed by atoms with Gasteiger partial charge in [-0.1, -0.05) is 12.5 Å². The molecule has 1 aromatic rings. The van der Waals surface area contributed by atoms with Crippen LogP contribution in [0.3, 0.4) is 0 Å². The van der Waals surface area contributed by atoms with E-state index in [4.69, 9.17) is 16.6 Å². The second-order valence-electron chi connectivity index (χ2n) is 3.96. The molecule has 1 aromatic carbocycles. The summed E-state index contributed by atoms with van der Waals surface area (Å²) in [7, 11) is 0. The lowest BCUT2D eigenvalue weighted by Gasteiger charge is -2.09. The summed E-state index contributed by atoms with van der Waals surface area (Å²) >= 11 is 0. The number of nitrogens with two attached hydrogens (primary N) is 2. The number of aryl methyl sites for hydroxylation is 2. The van der Waals surface area contributed by atoms with Gasteiger partial charge < -0.3 is 16.6 Å². The van der Waals surface area contributed by atoms with Gasteiger partial charge in [0.15, 0.2) is 0 Å². The van der Waals surface area contributed by atoms with Gasteiger partial charge in [-0.2, -0.15) is 0 Å². The fraction of sp³-hybridized carbons (Fsp3) is 0.500. The smallest absolute Gasteiger partial charge is 0.0580 e. The van der Waals surface area contributed by atoms with Crippen LogP contribution in [0.1, 0.15) is 30.4 Å². The SMILES string of the molecule is Cc1cc(N)c(N)c(CCCCCO)c1. The zero-order valence-electron chi connectivity index (χ0n) is 9.29. The van der Waals surface area contributed by atoms with Gasteiger partial charge in [0.2, 0.25) is 0 Å². The van der Waals surface area contributed by atoms with E-state index in [9.17, 15) is 0 Å². The van der Waals surface area contributed by atoms with Crippen molar-refractivity contribution in [1.29, 1.82) is 0 Å². The molecule has 0 amide bonds. The van der Waals surface area contributed by atoms with E-state index in [0.717, 1.165) is 36.8 Å². The molecule has 3 heteroatoms. The maximum Gasteiger partial charge on any atom is 0.0580 e. The summed E-state index contributed by atoms with van der Waals surface area (Å²) in [6.07, 6.45) is 3.89. The van der Waals surface area contributed by atoms with Crippen LogP contribution in [0.5, 0.6) is 0 Å². The quantitative estimate of drug-likeness (QED) is 0.511. The minimum absolute atomic E-state index is 0.269. The Bertz CT molecular complexity index is 324. The molecule has 0 heterocycles. The van der Waals surface area contributed by atoms with Crippen molar-refractivity contribution in [3.8, 4) is 0 Å². The highest BCUT2D eigenvalue weighted by molar-refractivity contribution is 5.68. The summed E-state index contributed by atoms with van der Waals surface area (Å²) in [5, 5.41) is 8.66. The normalized spacial score (nSPS) is 10.5. The molecule has 0 spiro atoms. The predicted molar refractivity (Wildman–Crippen MR) is 64.6 cm³/mol. The summed E-state index contributed by atoms with van der Waals surface area (Å²) in [5.74, 6) is 0. The Balaban J connectivity index is 2.60. The molecule has 0 bridgehead atoms. The first kappa shape index (κ1) is 11.9. The molecule has 0 aliphatic heterocycles. The monoisotopic (exact) mass is 208 g/mol. The Kier molecular flexibility index (Phi) is 4.43. The van der Waals surface area contributed by atoms with E-state index in [1.54, 1.807) is 0 Å². The molecule has 0 aliphatic rings. The average Bonchev–Trinajstić information content (AvgIpc) is 2.19. The Morgan fingerprint density at radius 2 is 1.87 bits per heavy atom. The van der Waals surface area contributed by atoms with E-state index in [1.165, 1.54) is 0 Å². The van der Waals surface area contributed by atoms with Crippen molar-refractivity contribution in [2.45, 2.75) is 32.6 Å². The molecule has 0 saturated carbocycles. The number of rotatable bonds is 5. The van der Waals surface area contributed by atoms with Gasteiger partial charge in [-0.3, -0.25) is 0 Å². The number of anilines is 2. The number of nitrogen functional groups attached to an aromatic ring is 2. The summed E-state index contributed by atoms with van der Waals surface area (Å²) in [4.78, 5) is 0. The van der Waals surface area contributed by atoms with Crippen LogP contribution in [0.15, 0.2) is 12.1 Å². The third-order valence-corrected chi connectivity index (χ3v) is 2.55. The van der Waals surface area contributed by atoms with Crippen LogP contribution < -0.4 is 11.5 Å². The molecule has 0 aromatic heterocycles. The third kappa shape index (κ3) is 3.44. The van der Waals surface area contributed by atoms with Crippen LogP contribution >= 0.6 is 0 Å². The number of unbranched alkanes of at least 4 members (excludes halogenated alkanes) is 2. The molecule has 0 aliphatic carbocycles. The summed E-state index contributed by atoms with van der Waals surface area (Å²) in [5.41, 5.74) is 15.3. The van der Waals surface area contributed by atoms with Crippen molar-refractivity contribution in [2.75, 3.05) is 18.1 Å². The number of aliphatic hydroxyl groups is 1. The first-order valence-electron chi connectivity index (χ1n) is 5.40. The summed E-state index contributed by atoms with van der Waals surface area (Å²) in [6, 6.07) is 3.98. The van der Waals surface area contributed by atoms with E-state index < -0.39 is 0 Å². The molecular formula is C12H20N2O. The Labute approximate surface area is 91.1 Å². The van der Waals surface area contributed by atoms with Gasteiger partial charge >= 0.3 is 0 Å². The Hall–Kier alpha value is -1.22. The molecule has 15 heavy (non-hydrogen) atoms. The first-order chi connectivity index (χ1) is 7.15. The molecule has 0 saturated heterocycles. The summed E-state index contributed by atoms with van der Waals surface area (Å²) < 4.78 is 0. The Morgan fingerprint density at radius 3 is 2.53 bits per heavy atom. The molecule has 1 rings (SSSR count). The topological polar surface area (TPSA) is 72.3 Å². The number of hydrogen-bond donors (Lipinski definition) is 3. The van der Waals surface area contributed by atoms with Gasteiger partial charge in [-0.25, -0.2) is 0 Å². The Morgan fingerprint density at radius 1 is 1.13 bits per heavy atom. The van der Waals surface area contributed by atoms with Crippen LogP contribution in [0.25, 0.3) is 0 Å². The molecule has 0 radical (unpaired) electrons. The molecular weight excluding hydrogens is 188 g/mol. The lowest BCUT2D eigenvalue weighted by atomic mass is 10.0. The van der Waals surface area contributed by atoms with E-state index in [-0.39, 0.29) is 6.61 Å². The van der Waals surface area contributed by atoms with Crippen molar-refractivity contribution in [1.82, 2.24) is 0 Å². The highest BCUT2D eigenvalue weighted by Crippen LogP contribution is 2.23. The van der Waals surface area contributed by atoms with Crippen LogP contribution in [0.2, 0.25) is 0 Å². The lowest BCUT2D eigenvalue weighted by Crippen LogP contribution is -2.01. The number of aliphatic hydroxyl groups excluding tert-OH is 1. The van der Waals surface area contributed by atoms with Crippen molar-refractivity contribution >= 4 is 11.4 Å². The van der Waals surface area contributed by atoms with E-state index in [1.807, 2.05) is 13.0 Å². The first-order valence-corrected chi connectivity index (χ1v) is 5.40. The van der Waals surface area contributed by atoms with Gasteiger partial charge in [0.1, 0.15) is 0 Å². The van der Waals surface area contributed by atoms with Gasteiger partial charge in [0.05, 0.1) is 11.4 Å². The van der Waals surface area contributed by atoms with E-state index in [0.29, 0.717) is 11.4 Å². The molecule has 3 nitrogen and oxygen atoms in total. The highest BCUT2D eigenvalue weighted by atomic mass is 16.2. The average molecular weight is 208 g/mol. The minimum Gasteiger partial charge on any atom is -0.397 e. The maximum atomic E-state index is 8.66. The molecule has 0 atom stereocenters. The second-order valence-corrected chi connectivity index (χ2v) is 3.96. The predicted octanol–water partition coefficient (Wildman–Crippen LogP) is 1.86. The molecule has 84 valence electrons. The maximum absolute atomic E-state index is 8.66. The second kappa shape index (κ2) is 5.61. The number of benzene rings is 1. The molecule has 5 N–H and O–H groups in total. The van der Waals surface area contributed by atoms with Gasteiger partial charge in [0.25, 0.3) is 0 Å². The van der Waals surface area contributed by atoms with Crippen molar-refractivity contribution in [3.05, 3.63) is 23.3 Å². The van der Waals surface area contributed by atoms with Crippen molar-refractivity contribution < 1.29 is 5.11 Å². The zero-order chi connectivity index (χ0) is 11.3. The third-order valence-electron chi connectivity index (χ3n) is 2.55. The van der Waals surface area contributed by atoms with Crippen LogP contribution in [-0.2, 0) is 6.42 Å². The van der Waals surface area contributed by atoms with E-state index >= 15 is 0 Å². The molecule has 0 unspecified atom stereocenters. The highest BCUT2D eigenvalue weighted by Gasteiger charge is 2.03. The fourth-order valence-corrected chi connectivity index (χ4v) is 1.71. The van der Waals surface area contributed by atoms with Gasteiger partial charge in [-0.05, 0) is 43.4 Å². The largest absolute Gasteiger partial charge is 0.397 e. The summed E-state index contributed by atoms with van der Waals surface area (Å²) in [6.45, 7) is 2.29. The lowest BCUT2D eigenvalue weighted by molar-refractivity contribution is 0.283. The standard InChI is InChI=1S/C12H20N2O/c1-9-7-10(5-3-2-4-6-15)12(14)11(13)8-9/h7-8,15H,2-6,13-14H2,1H3. The molecule has 0 fully saturated rings. The zero-order valence-corrected chi connectivity index (χ0v) is 9.29. The van der Waals surface area contributed by atoms with Crippen molar-refractivity contribution in [3.63, 3.8) is 0 Å². The number of hydrogen-bond acceptors (Lipinski definition) is 3. The van der Waals surface area contributed by atoms with Crippen molar-refractivity contribution in [2.24, 2.45) is 0 Å². The van der Waals surface area contributed by atoms with Crippen LogP contribution in [-0.4, -0.2) is 11.7 Å². The van der Waals surface area contributed by atoms with Crippen LogP contribution in [0, 0.1) is 6.92 Å². The fourth-order valence-electron chi connectivity index (χ4n) is 1.71.